The van der Waals surface area contributed by atoms with E-state index in [9.17, 15) is 5.11 Å². The molecule has 0 amide bonds. The highest BCUT2D eigenvalue weighted by Crippen LogP contribution is 2.16. The lowest BCUT2D eigenvalue weighted by molar-refractivity contribution is 0.133. The second-order valence-corrected chi connectivity index (χ2v) is 5.47. The van der Waals surface area contributed by atoms with Crippen molar-refractivity contribution in [2.75, 3.05) is 40.3 Å². The number of rotatable bonds is 3. The number of aliphatic hydroxyl groups excluding tert-OH is 1. The van der Waals surface area contributed by atoms with Gasteiger partial charge in [0.05, 0.1) is 6.10 Å². The minimum absolute atomic E-state index is 0.129. The maximum Gasteiger partial charge on any atom is 0.0680 e. The third-order valence-electron chi connectivity index (χ3n) is 4.02. The average Bonchev–Trinajstić information content (AvgIpc) is 2.65. The van der Waals surface area contributed by atoms with Crippen molar-refractivity contribution in [1.82, 2.24) is 15.1 Å². The number of β-amino-alcohol motifs (C(OH)–C–C–N with tert-alkyl or cyclic N) is 1. The van der Waals surface area contributed by atoms with Crippen LogP contribution in [-0.4, -0.2) is 73.4 Å². The first-order valence-electron chi connectivity index (χ1n) is 6.45. The molecule has 2 aliphatic rings. The number of aliphatic hydroxyl groups is 1. The number of likely N-dealkylation sites (N-methyl/N-ethyl adjacent to an activating group) is 1. The summed E-state index contributed by atoms with van der Waals surface area (Å²) in [7, 11) is 4.42. The zero-order valence-corrected chi connectivity index (χ0v) is 10.5. The Morgan fingerprint density at radius 1 is 1.38 bits per heavy atom. The first-order valence-corrected chi connectivity index (χ1v) is 6.45. The zero-order chi connectivity index (χ0) is 11.5. The van der Waals surface area contributed by atoms with Crippen LogP contribution in [0.3, 0.4) is 0 Å². The molecule has 2 rings (SSSR count). The molecule has 2 saturated heterocycles. The molecule has 2 heterocycles. The third kappa shape index (κ3) is 3.17. The predicted molar refractivity (Wildman–Crippen MR) is 65.6 cm³/mol. The molecule has 2 N–H and O–H groups in total. The first-order chi connectivity index (χ1) is 7.65. The van der Waals surface area contributed by atoms with Crippen molar-refractivity contribution in [3.05, 3.63) is 0 Å². The SMILES string of the molecule is CN1CCC(N(C)CC2CC(O)CN2)CC1. The van der Waals surface area contributed by atoms with E-state index >= 15 is 0 Å². The summed E-state index contributed by atoms with van der Waals surface area (Å²) >= 11 is 0. The maximum atomic E-state index is 9.47. The molecule has 16 heavy (non-hydrogen) atoms. The average molecular weight is 227 g/mol. The summed E-state index contributed by atoms with van der Waals surface area (Å²) in [5.74, 6) is 0. The second-order valence-electron chi connectivity index (χ2n) is 5.47. The summed E-state index contributed by atoms with van der Waals surface area (Å²) in [6, 6.07) is 1.22. The molecule has 2 atom stereocenters. The molecule has 0 bridgehead atoms. The first kappa shape index (κ1) is 12.3. The normalized spacial score (nSPS) is 33.8. The minimum Gasteiger partial charge on any atom is -0.392 e. The van der Waals surface area contributed by atoms with Crippen LogP contribution in [-0.2, 0) is 0 Å². The van der Waals surface area contributed by atoms with Crippen LogP contribution in [0.4, 0.5) is 0 Å². The second kappa shape index (κ2) is 5.45. The number of nitrogens with zero attached hydrogens (tertiary/aromatic N) is 2. The maximum absolute atomic E-state index is 9.47. The molecule has 94 valence electrons. The topological polar surface area (TPSA) is 38.7 Å². The van der Waals surface area contributed by atoms with Gasteiger partial charge in [0.15, 0.2) is 0 Å². The molecule has 2 fully saturated rings. The van der Waals surface area contributed by atoms with Gasteiger partial charge in [-0.3, -0.25) is 0 Å². The van der Waals surface area contributed by atoms with Gasteiger partial charge in [0.1, 0.15) is 0 Å². The van der Waals surface area contributed by atoms with Crippen LogP contribution in [0.2, 0.25) is 0 Å². The molecule has 0 saturated carbocycles. The fourth-order valence-corrected chi connectivity index (χ4v) is 2.87. The number of piperidine rings is 1. The Morgan fingerprint density at radius 2 is 2.06 bits per heavy atom. The van der Waals surface area contributed by atoms with E-state index in [4.69, 9.17) is 0 Å². The van der Waals surface area contributed by atoms with Gasteiger partial charge in [0.25, 0.3) is 0 Å². The Labute approximate surface area is 98.6 Å². The van der Waals surface area contributed by atoms with Crippen LogP contribution < -0.4 is 5.32 Å². The van der Waals surface area contributed by atoms with E-state index < -0.39 is 0 Å². The Bertz CT molecular complexity index is 216. The number of likely N-dealkylation sites (tertiary alicyclic amines) is 1. The van der Waals surface area contributed by atoms with Crippen molar-refractivity contribution in [2.24, 2.45) is 0 Å². The van der Waals surface area contributed by atoms with Crippen molar-refractivity contribution < 1.29 is 5.11 Å². The van der Waals surface area contributed by atoms with Crippen LogP contribution in [0.1, 0.15) is 19.3 Å². The molecule has 0 spiro atoms. The summed E-state index contributed by atoms with van der Waals surface area (Å²) < 4.78 is 0. The monoisotopic (exact) mass is 227 g/mol. The lowest BCUT2D eigenvalue weighted by Crippen LogP contribution is -2.46. The molecule has 0 aromatic rings. The van der Waals surface area contributed by atoms with Crippen molar-refractivity contribution in [1.29, 1.82) is 0 Å². The van der Waals surface area contributed by atoms with E-state index in [1.165, 1.54) is 25.9 Å². The minimum atomic E-state index is -0.129. The van der Waals surface area contributed by atoms with Gasteiger partial charge < -0.3 is 20.2 Å². The Kier molecular flexibility index (Phi) is 4.19. The van der Waals surface area contributed by atoms with Crippen LogP contribution >= 0.6 is 0 Å². The molecular formula is C12H25N3O. The van der Waals surface area contributed by atoms with Crippen molar-refractivity contribution in [3.63, 3.8) is 0 Å². The molecule has 0 radical (unpaired) electrons. The molecule has 4 nitrogen and oxygen atoms in total. The smallest absolute Gasteiger partial charge is 0.0680 e. The van der Waals surface area contributed by atoms with Gasteiger partial charge in [-0.2, -0.15) is 0 Å². The quantitative estimate of drug-likeness (QED) is 0.696. The van der Waals surface area contributed by atoms with Crippen LogP contribution in [0.25, 0.3) is 0 Å². The summed E-state index contributed by atoms with van der Waals surface area (Å²) in [5.41, 5.74) is 0. The van der Waals surface area contributed by atoms with Gasteiger partial charge in [-0.15, -0.1) is 0 Å². The lowest BCUT2D eigenvalue weighted by Gasteiger charge is -2.36. The van der Waals surface area contributed by atoms with E-state index in [0.717, 1.165) is 25.6 Å². The van der Waals surface area contributed by atoms with E-state index in [-0.39, 0.29) is 6.10 Å². The molecule has 2 aliphatic heterocycles. The largest absolute Gasteiger partial charge is 0.392 e. The summed E-state index contributed by atoms with van der Waals surface area (Å²) in [6.07, 6.45) is 3.34. The van der Waals surface area contributed by atoms with Gasteiger partial charge >= 0.3 is 0 Å². The number of hydrogen-bond donors (Lipinski definition) is 2. The van der Waals surface area contributed by atoms with Crippen LogP contribution in [0.15, 0.2) is 0 Å². The molecule has 4 heteroatoms. The molecule has 0 aliphatic carbocycles. The van der Waals surface area contributed by atoms with Gasteiger partial charge in [-0.25, -0.2) is 0 Å². The van der Waals surface area contributed by atoms with Crippen molar-refractivity contribution >= 4 is 0 Å². The molecule has 2 unspecified atom stereocenters. The molecule has 0 aromatic heterocycles. The Hall–Kier alpha value is -0.160. The van der Waals surface area contributed by atoms with Crippen molar-refractivity contribution in [3.8, 4) is 0 Å². The van der Waals surface area contributed by atoms with Crippen LogP contribution in [0.5, 0.6) is 0 Å². The number of hydrogen-bond acceptors (Lipinski definition) is 4. The van der Waals surface area contributed by atoms with E-state index in [1.54, 1.807) is 0 Å². The Balaban J connectivity index is 1.73. The molecular weight excluding hydrogens is 202 g/mol. The van der Waals surface area contributed by atoms with Gasteiger partial charge in [0.2, 0.25) is 0 Å². The van der Waals surface area contributed by atoms with Crippen molar-refractivity contribution in [2.45, 2.75) is 37.5 Å². The Morgan fingerprint density at radius 3 is 2.62 bits per heavy atom. The lowest BCUT2D eigenvalue weighted by atomic mass is 10.0. The van der Waals surface area contributed by atoms with E-state index in [1.807, 2.05) is 0 Å². The third-order valence-corrected chi connectivity index (χ3v) is 4.02. The summed E-state index contributed by atoms with van der Waals surface area (Å²) in [5, 5.41) is 12.9. The highest BCUT2D eigenvalue weighted by molar-refractivity contribution is 4.85. The molecule has 0 aromatic carbocycles. The highest BCUT2D eigenvalue weighted by Gasteiger charge is 2.26. The predicted octanol–water partition coefficient (Wildman–Crippen LogP) is -0.265. The standard InChI is InChI=1S/C12H25N3O/c1-14-5-3-11(4-6-14)15(2)9-10-7-12(16)8-13-10/h10-13,16H,3-9H2,1-2H3. The summed E-state index contributed by atoms with van der Waals surface area (Å²) in [4.78, 5) is 4.88. The van der Waals surface area contributed by atoms with Gasteiger partial charge in [-0.05, 0) is 46.4 Å². The van der Waals surface area contributed by atoms with Gasteiger partial charge in [-0.1, -0.05) is 0 Å². The zero-order valence-electron chi connectivity index (χ0n) is 10.5. The van der Waals surface area contributed by atoms with Crippen LogP contribution in [0, 0.1) is 0 Å². The fourth-order valence-electron chi connectivity index (χ4n) is 2.87. The van der Waals surface area contributed by atoms with Gasteiger partial charge in [0, 0.05) is 25.2 Å². The summed E-state index contributed by atoms with van der Waals surface area (Å²) in [6.45, 7) is 4.28. The fraction of sp³-hybridized carbons (Fsp3) is 1.00. The van der Waals surface area contributed by atoms with E-state index in [2.05, 4.69) is 29.2 Å². The number of nitrogens with one attached hydrogen (secondary N) is 1. The van der Waals surface area contributed by atoms with E-state index in [0.29, 0.717) is 6.04 Å². The highest BCUT2D eigenvalue weighted by atomic mass is 16.3.